The van der Waals surface area contributed by atoms with Gasteiger partial charge >= 0.3 is 0 Å². The Morgan fingerprint density at radius 2 is 1.81 bits per heavy atom. The SMILES string of the molecule is O=C(c1n[nH]c(=O)c2ccccc12)N1CCCC(C(=O)N2CCOCC2)C1. The van der Waals surface area contributed by atoms with Crippen molar-refractivity contribution in [3.05, 3.63) is 40.3 Å². The Bertz CT molecular complexity index is 919. The number of nitrogens with one attached hydrogen (secondary N) is 1. The number of aromatic nitrogens is 2. The zero-order valence-corrected chi connectivity index (χ0v) is 15.0. The first kappa shape index (κ1) is 17.7. The molecule has 2 aliphatic heterocycles. The molecule has 1 aromatic heterocycles. The number of nitrogens with zero attached hydrogens (tertiary/aromatic N) is 3. The number of benzene rings is 1. The van der Waals surface area contributed by atoms with E-state index in [2.05, 4.69) is 10.2 Å². The normalized spacial score (nSPS) is 20.7. The number of carbonyl (C=O) groups excluding carboxylic acids is 2. The lowest BCUT2D eigenvalue weighted by Crippen LogP contribution is -2.49. The molecule has 27 heavy (non-hydrogen) atoms. The third-order valence-electron chi connectivity index (χ3n) is 5.28. The van der Waals surface area contributed by atoms with Crippen LogP contribution in [0.2, 0.25) is 0 Å². The standard InChI is InChI=1S/C19H22N4O4/c24-17-15-6-2-1-5-14(15)16(20-21-17)19(26)23-7-3-4-13(12-23)18(25)22-8-10-27-11-9-22/h1-2,5-6,13H,3-4,7-12H2,(H,21,24). The maximum atomic E-state index is 13.1. The molecule has 0 bridgehead atoms. The minimum atomic E-state index is -0.318. The second kappa shape index (κ2) is 7.48. The van der Waals surface area contributed by atoms with Gasteiger partial charge in [0, 0.05) is 31.6 Å². The molecule has 8 nitrogen and oxygen atoms in total. The van der Waals surface area contributed by atoms with Crippen molar-refractivity contribution < 1.29 is 14.3 Å². The fourth-order valence-corrected chi connectivity index (χ4v) is 3.83. The molecule has 0 radical (unpaired) electrons. The third kappa shape index (κ3) is 3.44. The van der Waals surface area contributed by atoms with E-state index >= 15 is 0 Å². The summed E-state index contributed by atoms with van der Waals surface area (Å²) < 4.78 is 5.31. The second-order valence-corrected chi connectivity index (χ2v) is 6.97. The Morgan fingerprint density at radius 3 is 2.59 bits per heavy atom. The van der Waals surface area contributed by atoms with Gasteiger partial charge in [-0.25, -0.2) is 5.10 Å². The number of H-pyrrole nitrogens is 1. The van der Waals surface area contributed by atoms with Crippen LogP contribution >= 0.6 is 0 Å². The van der Waals surface area contributed by atoms with E-state index in [0.29, 0.717) is 50.2 Å². The van der Waals surface area contributed by atoms with Gasteiger partial charge in [0.2, 0.25) is 5.91 Å². The van der Waals surface area contributed by atoms with Gasteiger partial charge in [-0.2, -0.15) is 5.10 Å². The first-order valence-electron chi connectivity index (χ1n) is 9.28. The molecular weight excluding hydrogens is 348 g/mol. The first-order chi connectivity index (χ1) is 13.1. The number of hydrogen-bond acceptors (Lipinski definition) is 5. The Labute approximate surface area is 156 Å². The number of ether oxygens (including phenoxy) is 1. The monoisotopic (exact) mass is 370 g/mol. The van der Waals surface area contributed by atoms with E-state index in [4.69, 9.17) is 4.74 Å². The topological polar surface area (TPSA) is 95.6 Å². The molecular formula is C19H22N4O4. The third-order valence-corrected chi connectivity index (χ3v) is 5.28. The smallest absolute Gasteiger partial charge is 0.274 e. The molecule has 1 N–H and O–H groups in total. The summed E-state index contributed by atoms with van der Waals surface area (Å²) in [6.07, 6.45) is 1.55. The highest BCUT2D eigenvalue weighted by Gasteiger charge is 2.33. The number of amides is 2. The van der Waals surface area contributed by atoms with Gasteiger partial charge in [-0.3, -0.25) is 14.4 Å². The lowest BCUT2D eigenvalue weighted by molar-refractivity contribution is -0.141. The molecule has 0 saturated carbocycles. The van der Waals surface area contributed by atoms with E-state index < -0.39 is 0 Å². The van der Waals surface area contributed by atoms with Crippen LogP contribution in [0.1, 0.15) is 23.3 Å². The fraction of sp³-hybridized carbons (Fsp3) is 0.474. The summed E-state index contributed by atoms with van der Waals surface area (Å²) >= 11 is 0. The van der Waals surface area contributed by atoms with Gasteiger partial charge in [-0.15, -0.1) is 0 Å². The summed E-state index contributed by atoms with van der Waals surface area (Å²) in [7, 11) is 0. The number of likely N-dealkylation sites (tertiary alicyclic amines) is 1. The molecule has 0 spiro atoms. The van der Waals surface area contributed by atoms with Crippen molar-refractivity contribution in [3.8, 4) is 0 Å². The van der Waals surface area contributed by atoms with Gasteiger partial charge in [0.25, 0.3) is 11.5 Å². The van der Waals surface area contributed by atoms with Crippen LogP contribution in [0, 0.1) is 5.92 Å². The molecule has 2 aromatic rings. The maximum absolute atomic E-state index is 13.1. The highest BCUT2D eigenvalue weighted by atomic mass is 16.5. The van der Waals surface area contributed by atoms with Crippen LogP contribution in [0.3, 0.4) is 0 Å². The Kier molecular flexibility index (Phi) is 4.89. The fourth-order valence-electron chi connectivity index (χ4n) is 3.83. The molecule has 1 aromatic carbocycles. The van der Waals surface area contributed by atoms with Gasteiger partial charge in [-0.1, -0.05) is 18.2 Å². The number of fused-ring (bicyclic) bond motifs is 1. The Morgan fingerprint density at radius 1 is 1.07 bits per heavy atom. The molecule has 2 amide bonds. The summed E-state index contributed by atoms with van der Waals surface area (Å²) in [5.41, 5.74) is -0.0918. The molecule has 4 rings (SSSR count). The molecule has 2 saturated heterocycles. The minimum absolute atomic E-state index is 0.0927. The Balaban J connectivity index is 1.55. The van der Waals surface area contributed by atoms with Gasteiger partial charge in [0.1, 0.15) is 0 Å². The number of carbonyl (C=O) groups is 2. The van der Waals surface area contributed by atoms with Crippen molar-refractivity contribution in [2.75, 3.05) is 39.4 Å². The van der Waals surface area contributed by atoms with Gasteiger partial charge < -0.3 is 14.5 Å². The number of rotatable bonds is 2. The van der Waals surface area contributed by atoms with Gasteiger partial charge in [0.15, 0.2) is 5.69 Å². The molecule has 3 heterocycles. The quantitative estimate of drug-likeness (QED) is 0.837. The molecule has 1 unspecified atom stereocenters. The molecule has 2 aliphatic rings. The molecule has 0 aliphatic carbocycles. The van der Waals surface area contributed by atoms with E-state index in [9.17, 15) is 14.4 Å². The highest BCUT2D eigenvalue weighted by molar-refractivity contribution is 6.04. The van der Waals surface area contributed by atoms with E-state index in [-0.39, 0.29) is 29.0 Å². The average Bonchev–Trinajstić information content (AvgIpc) is 2.74. The van der Waals surface area contributed by atoms with Crippen molar-refractivity contribution in [1.82, 2.24) is 20.0 Å². The van der Waals surface area contributed by atoms with Crippen molar-refractivity contribution in [2.45, 2.75) is 12.8 Å². The number of hydrogen-bond donors (Lipinski definition) is 1. The summed E-state index contributed by atoms with van der Waals surface area (Å²) in [5, 5.41) is 7.38. The van der Waals surface area contributed by atoms with E-state index in [0.717, 1.165) is 12.8 Å². The highest BCUT2D eigenvalue weighted by Crippen LogP contribution is 2.22. The maximum Gasteiger partial charge on any atom is 0.274 e. The summed E-state index contributed by atoms with van der Waals surface area (Å²) in [4.78, 5) is 41.3. The Hall–Kier alpha value is -2.74. The van der Waals surface area contributed by atoms with Crippen LogP contribution in [-0.2, 0) is 9.53 Å². The summed E-state index contributed by atoms with van der Waals surface area (Å²) in [6.45, 7) is 3.30. The lowest BCUT2D eigenvalue weighted by Gasteiger charge is -2.36. The number of piperidine rings is 1. The molecule has 8 heteroatoms. The molecule has 142 valence electrons. The zero-order chi connectivity index (χ0) is 18.8. The molecule has 2 fully saturated rings. The van der Waals surface area contributed by atoms with Gasteiger partial charge in [-0.05, 0) is 18.9 Å². The van der Waals surface area contributed by atoms with Crippen molar-refractivity contribution >= 4 is 22.6 Å². The van der Waals surface area contributed by atoms with E-state index in [1.165, 1.54) is 0 Å². The van der Waals surface area contributed by atoms with Crippen LogP contribution in [0.15, 0.2) is 29.1 Å². The predicted octanol–water partition coefficient (Wildman–Crippen LogP) is 0.634. The zero-order valence-electron chi connectivity index (χ0n) is 15.0. The average molecular weight is 370 g/mol. The summed E-state index contributed by atoms with van der Waals surface area (Å²) in [6, 6.07) is 6.93. The second-order valence-electron chi connectivity index (χ2n) is 6.97. The van der Waals surface area contributed by atoms with Crippen LogP contribution < -0.4 is 5.56 Å². The lowest BCUT2D eigenvalue weighted by atomic mass is 9.95. The van der Waals surface area contributed by atoms with Crippen LogP contribution in [0.5, 0.6) is 0 Å². The van der Waals surface area contributed by atoms with E-state index in [1.807, 2.05) is 4.90 Å². The van der Waals surface area contributed by atoms with Crippen LogP contribution in [-0.4, -0.2) is 71.2 Å². The minimum Gasteiger partial charge on any atom is -0.378 e. The first-order valence-corrected chi connectivity index (χ1v) is 9.28. The number of aromatic amines is 1. The summed E-state index contributed by atoms with van der Waals surface area (Å²) in [5.74, 6) is -0.355. The van der Waals surface area contributed by atoms with Crippen LogP contribution in [0.25, 0.3) is 10.8 Å². The van der Waals surface area contributed by atoms with Crippen LogP contribution in [0.4, 0.5) is 0 Å². The van der Waals surface area contributed by atoms with Gasteiger partial charge in [0.05, 0.1) is 24.5 Å². The predicted molar refractivity (Wildman–Crippen MR) is 98.4 cm³/mol. The van der Waals surface area contributed by atoms with E-state index in [1.54, 1.807) is 29.2 Å². The van der Waals surface area contributed by atoms with Crippen molar-refractivity contribution in [3.63, 3.8) is 0 Å². The van der Waals surface area contributed by atoms with Crippen molar-refractivity contribution in [2.24, 2.45) is 5.92 Å². The number of morpholine rings is 1. The largest absolute Gasteiger partial charge is 0.378 e. The molecule has 1 atom stereocenters. The van der Waals surface area contributed by atoms with Crippen molar-refractivity contribution in [1.29, 1.82) is 0 Å².